The highest BCUT2D eigenvalue weighted by Crippen LogP contribution is 2.15. The highest BCUT2D eigenvalue weighted by atomic mass is 19.1. The van der Waals surface area contributed by atoms with Crippen molar-refractivity contribution in [3.63, 3.8) is 0 Å². The predicted molar refractivity (Wildman–Crippen MR) is 53.8 cm³/mol. The molecule has 0 aliphatic rings. The second-order valence-corrected chi connectivity index (χ2v) is 3.23. The smallest absolute Gasteiger partial charge is 0.237 e. The molecule has 0 aromatic heterocycles. The van der Waals surface area contributed by atoms with Crippen LogP contribution in [-0.4, -0.2) is 18.6 Å². The van der Waals surface area contributed by atoms with Crippen LogP contribution in [0.3, 0.4) is 0 Å². The van der Waals surface area contributed by atoms with Crippen molar-refractivity contribution in [1.82, 2.24) is 0 Å². The van der Waals surface area contributed by atoms with E-state index in [0.29, 0.717) is 11.3 Å². The lowest BCUT2D eigenvalue weighted by Gasteiger charge is -2.10. The number of carbonyl (C=O) groups is 1. The summed E-state index contributed by atoms with van der Waals surface area (Å²) in [5, 5.41) is 0. The van der Waals surface area contributed by atoms with Crippen LogP contribution in [-0.2, 0) is 4.79 Å². The predicted octanol–water partition coefficient (Wildman–Crippen LogP) is 0.326. The van der Waals surface area contributed by atoms with Crippen molar-refractivity contribution in [2.24, 2.45) is 11.5 Å². The highest BCUT2D eigenvalue weighted by molar-refractivity contribution is 5.79. The molecule has 0 aliphatic heterocycles. The molecule has 1 aromatic carbocycles. The summed E-state index contributed by atoms with van der Waals surface area (Å²) in [6.07, 6.45) is 0. The first-order valence-electron chi connectivity index (χ1n) is 4.44. The number of hydrogen-bond acceptors (Lipinski definition) is 3. The van der Waals surface area contributed by atoms with Gasteiger partial charge in [0.2, 0.25) is 5.91 Å². The van der Waals surface area contributed by atoms with Gasteiger partial charge in [-0.1, -0.05) is 6.07 Å². The van der Waals surface area contributed by atoms with E-state index in [9.17, 15) is 9.18 Å². The fourth-order valence-electron chi connectivity index (χ4n) is 0.932. The number of nitrogens with two attached hydrogens (primary N) is 2. The minimum absolute atomic E-state index is 0.0577. The molecule has 1 unspecified atom stereocenters. The van der Waals surface area contributed by atoms with Gasteiger partial charge in [0.1, 0.15) is 24.2 Å². The monoisotopic (exact) mass is 212 g/mol. The fraction of sp³-hybridized carbons (Fsp3) is 0.300. The Labute approximate surface area is 87.0 Å². The summed E-state index contributed by atoms with van der Waals surface area (Å²) in [7, 11) is 0. The molecule has 0 heterocycles. The van der Waals surface area contributed by atoms with Gasteiger partial charge in [0.15, 0.2) is 0 Å². The third-order valence-electron chi connectivity index (χ3n) is 1.94. The van der Waals surface area contributed by atoms with E-state index in [-0.39, 0.29) is 12.4 Å². The molecule has 1 atom stereocenters. The number of amides is 1. The molecule has 0 saturated heterocycles. The Morgan fingerprint density at radius 3 is 2.80 bits per heavy atom. The third-order valence-corrected chi connectivity index (χ3v) is 1.94. The number of primary amides is 1. The van der Waals surface area contributed by atoms with Crippen LogP contribution in [0.1, 0.15) is 5.56 Å². The molecule has 0 saturated carbocycles. The Balaban J connectivity index is 2.58. The van der Waals surface area contributed by atoms with E-state index in [1.54, 1.807) is 19.1 Å². The van der Waals surface area contributed by atoms with Crippen molar-refractivity contribution >= 4 is 5.91 Å². The fourth-order valence-corrected chi connectivity index (χ4v) is 0.932. The first-order chi connectivity index (χ1) is 7.00. The molecular weight excluding hydrogens is 199 g/mol. The van der Waals surface area contributed by atoms with E-state index in [2.05, 4.69) is 0 Å². The zero-order valence-corrected chi connectivity index (χ0v) is 8.37. The van der Waals surface area contributed by atoms with Crippen LogP contribution in [0.2, 0.25) is 0 Å². The Morgan fingerprint density at radius 2 is 2.27 bits per heavy atom. The molecule has 15 heavy (non-hydrogen) atoms. The van der Waals surface area contributed by atoms with Gasteiger partial charge in [-0.2, -0.15) is 0 Å². The standard InChI is InChI=1S/C10H13FN2O2/c1-6-2-3-7(4-8(6)11)15-5-9(12)10(13)14/h2-4,9H,5,12H2,1H3,(H2,13,14). The summed E-state index contributed by atoms with van der Waals surface area (Å²) in [6.45, 7) is 1.59. The molecule has 0 radical (unpaired) electrons. The van der Waals surface area contributed by atoms with Crippen molar-refractivity contribution in [3.8, 4) is 5.75 Å². The van der Waals surface area contributed by atoms with Gasteiger partial charge in [-0.25, -0.2) is 4.39 Å². The van der Waals surface area contributed by atoms with E-state index in [4.69, 9.17) is 16.2 Å². The molecule has 1 rings (SSSR count). The molecular formula is C10H13FN2O2. The van der Waals surface area contributed by atoms with Gasteiger partial charge in [-0.3, -0.25) is 4.79 Å². The first kappa shape index (κ1) is 11.5. The summed E-state index contributed by atoms with van der Waals surface area (Å²) < 4.78 is 18.2. The van der Waals surface area contributed by atoms with Crippen LogP contribution in [0, 0.1) is 12.7 Å². The van der Waals surface area contributed by atoms with E-state index >= 15 is 0 Å². The number of aryl methyl sites for hydroxylation is 1. The second kappa shape index (κ2) is 4.75. The second-order valence-electron chi connectivity index (χ2n) is 3.23. The average Bonchev–Trinajstić information content (AvgIpc) is 2.19. The van der Waals surface area contributed by atoms with Gasteiger partial charge < -0.3 is 16.2 Å². The number of rotatable bonds is 4. The van der Waals surface area contributed by atoms with Gasteiger partial charge in [0, 0.05) is 6.07 Å². The lowest BCUT2D eigenvalue weighted by molar-refractivity contribution is -0.119. The molecule has 0 spiro atoms. The maximum absolute atomic E-state index is 13.1. The van der Waals surface area contributed by atoms with Crippen molar-refractivity contribution in [2.45, 2.75) is 13.0 Å². The third kappa shape index (κ3) is 3.21. The largest absolute Gasteiger partial charge is 0.491 e. The molecule has 4 N–H and O–H groups in total. The van der Waals surface area contributed by atoms with Crippen LogP contribution >= 0.6 is 0 Å². The lowest BCUT2D eigenvalue weighted by atomic mass is 10.2. The van der Waals surface area contributed by atoms with Gasteiger partial charge in [0.05, 0.1) is 0 Å². The Morgan fingerprint density at radius 1 is 1.60 bits per heavy atom. The van der Waals surface area contributed by atoms with Gasteiger partial charge in [-0.05, 0) is 18.6 Å². The molecule has 0 bridgehead atoms. The minimum atomic E-state index is -0.880. The van der Waals surface area contributed by atoms with E-state index in [0.717, 1.165) is 0 Å². The number of hydrogen-bond donors (Lipinski definition) is 2. The van der Waals surface area contributed by atoms with E-state index in [1.807, 2.05) is 0 Å². The van der Waals surface area contributed by atoms with E-state index in [1.165, 1.54) is 6.07 Å². The van der Waals surface area contributed by atoms with Crippen molar-refractivity contribution in [1.29, 1.82) is 0 Å². The molecule has 5 heteroatoms. The summed E-state index contributed by atoms with van der Waals surface area (Å²) in [5.41, 5.74) is 10.8. The first-order valence-corrected chi connectivity index (χ1v) is 4.44. The van der Waals surface area contributed by atoms with Crippen LogP contribution in [0.4, 0.5) is 4.39 Å². The molecule has 1 aromatic rings. The number of halogens is 1. The zero-order chi connectivity index (χ0) is 11.4. The summed E-state index contributed by atoms with van der Waals surface area (Å²) in [6, 6.07) is 3.55. The maximum Gasteiger partial charge on any atom is 0.237 e. The van der Waals surface area contributed by atoms with Crippen LogP contribution in [0.5, 0.6) is 5.75 Å². The molecule has 4 nitrogen and oxygen atoms in total. The quantitative estimate of drug-likeness (QED) is 0.754. The SMILES string of the molecule is Cc1ccc(OCC(N)C(N)=O)cc1F. The normalized spacial score (nSPS) is 12.2. The molecule has 0 aliphatic carbocycles. The summed E-state index contributed by atoms with van der Waals surface area (Å²) >= 11 is 0. The number of ether oxygens (including phenoxy) is 1. The minimum Gasteiger partial charge on any atom is -0.491 e. The summed E-state index contributed by atoms with van der Waals surface area (Å²) in [4.78, 5) is 10.6. The van der Waals surface area contributed by atoms with Crippen LogP contribution < -0.4 is 16.2 Å². The number of benzene rings is 1. The highest BCUT2D eigenvalue weighted by Gasteiger charge is 2.10. The summed E-state index contributed by atoms with van der Waals surface area (Å²) in [5.74, 6) is -0.683. The van der Waals surface area contributed by atoms with Crippen molar-refractivity contribution in [2.75, 3.05) is 6.61 Å². The van der Waals surface area contributed by atoms with Gasteiger partial charge in [0.25, 0.3) is 0 Å². The Kier molecular flexibility index (Phi) is 3.62. The average molecular weight is 212 g/mol. The van der Waals surface area contributed by atoms with Crippen LogP contribution in [0.25, 0.3) is 0 Å². The molecule has 1 amide bonds. The molecule has 82 valence electrons. The Bertz CT molecular complexity index is 368. The number of carbonyl (C=O) groups excluding carboxylic acids is 1. The van der Waals surface area contributed by atoms with Crippen molar-refractivity contribution in [3.05, 3.63) is 29.6 Å². The van der Waals surface area contributed by atoms with E-state index < -0.39 is 11.9 Å². The van der Waals surface area contributed by atoms with Crippen molar-refractivity contribution < 1.29 is 13.9 Å². The van der Waals surface area contributed by atoms with Crippen LogP contribution in [0.15, 0.2) is 18.2 Å². The van der Waals surface area contributed by atoms with Gasteiger partial charge in [-0.15, -0.1) is 0 Å². The van der Waals surface area contributed by atoms with Gasteiger partial charge >= 0.3 is 0 Å². The topological polar surface area (TPSA) is 78.3 Å². The Hall–Kier alpha value is -1.62. The molecule has 0 fully saturated rings. The lowest BCUT2D eigenvalue weighted by Crippen LogP contribution is -2.41. The maximum atomic E-state index is 13.1. The zero-order valence-electron chi connectivity index (χ0n) is 8.37.